The zero-order valence-electron chi connectivity index (χ0n) is 11.5. The minimum absolute atomic E-state index is 0.264. The van der Waals surface area contributed by atoms with Crippen LogP contribution in [0, 0.1) is 0 Å². The first-order valence-electron chi connectivity index (χ1n) is 6.48. The van der Waals surface area contributed by atoms with Crippen LogP contribution in [0.1, 0.15) is 36.4 Å². The van der Waals surface area contributed by atoms with Crippen molar-refractivity contribution in [3.05, 3.63) is 22.4 Å². The number of rotatable bonds is 9. The van der Waals surface area contributed by atoms with Gasteiger partial charge in [-0.05, 0) is 37.9 Å². The fourth-order valence-electron chi connectivity index (χ4n) is 2.04. The van der Waals surface area contributed by atoms with E-state index >= 15 is 0 Å². The summed E-state index contributed by atoms with van der Waals surface area (Å²) in [4.78, 5) is 15.1. The van der Waals surface area contributed by atoms with Crippen LogP contribution in [0.25, 0.3) is 0 Å². The number of hydrogen-bond donors (Lipinski definition) is 0. The molecule has 0 saturated carbocycles. The van der Waals surface area contributed by atoms with Crippen molar-refractivity contribution in [1.82, 2.24) is 4.90 Å². The summed E-state index contributed by atoms with van der Waals surface area (Å²) in [6, 6.07) is 4.24. The van der Waals surface area contributed by atoms with Crippen LogP contribution in [0.4, 0.5) is 0 Å². The van der Waals surface area contributed by atoms with Crippen LogP contribution < -0.4 is 0 Å². The van der Waals surface area contributed by atoms with Gasteiger partial charge in [0.2, 0.25) is 0 Å². The van der Waals surface area contributed by atoms with Crippen molar-refractivity contribution in [3.63, 3.8) is 0 Å². The highest BCUT2D eigenvalue weighted by Crippen LogP contribution is 2.13. The first kappa shape index (κ1) is 15.3. The smallest absolute Gasteiger partial charge is 0.172 e. The van der Waals surface area contributed by atoms with Crippen molar-refractivity contribution in [2.75, 3.05) is 26.8 Å². The Morgan fingerprint density at radius 3 is 2.89 bits per heavy atom. The number of hydrogen-bond acceptors (Lipinski definition) is 4. The SMILES string of the molecule is CCN(CCCC(=O)c1cccs1)C(C)COC. The second-order valence-electron chi connectivity index (χ2n) is 4.44. The molecule has 0 bridgehead atoms. The summed E-state index contributed by atoms with van der Waals surface area (Å²) in [6.07, 6.45) is 1.55. The Morgan fingerprint density at radius 1 is 1.56 bits per heavy atom. The van der Waals surface area contributed by atoms with Crippen molar-refractivity contribution in [2.24, 2.45) is 0 Å². The van der Waals surface area contributed by atoms with E-state index in [9.17, 15) is 4.79 Å². The molecular weight excluding hydrogens is 246 g/mol. The highest BCUT2D eigenvalue weighted by molar-refractivity contribution is 7.12. The van der Waals surface area contributed by atoms with Gasteiger partial charge in [0.25, 0.3) is 0 Å². The molecule has 0 aliphatic carbocycles. The first-order valence-corrected chi connectivity index (χ1v) is 7.36. The average molecular weight is 269 g/mol. The minimum atomic E-state index is 0.264. The van der Waals surface area contributed by atoms with E-state index < -0.39 is 0 Å². The quantitative estimate of drug-likeness (QED) is 0.645. The molecule has 1 aromatic heterocycles. The maximum absolute atomic E-state index is 11.8. The molecule has 0 spiro atoms. The van der Waals surface area contributed by atoms with E-state index in [1.165, 1.54) is 11.3 Å². The molecule has 1 aromatic rings. The minimum Gasteiger partial charge on any atom is -0.383 e. The third-order valence-electron chi connectivity index (χ3n) is 3.08. The van der Waals surface area contributed by atoms with Gasteiger partial charge in [0.1, 0.15) is 0 Å². The zero-order valence-corrected chi connectivity index (χ0v) is 12.3. The Labute approximate surface area is 114 Å². The third-order valence-corrected chi connectivity index (χ3v) is 3.99. The fourth-order valence-corrected chi connectivity index (χ4v) is 2.73. The first-order chi connectivity index (χ1) is 8.69. The highest BCUT2D eigenvalue weighted by atomic mass is 32.1. The number of Topliss-reactive ketones (excluding diaryl/α,β-unsaturated/α-hetero) is 1. The summed E-state index contributed by atoms with van der Waals surface area (Å²) in [7, 11) is 1.73. The van der Waals surface area contributed by atoms with Crippen LogP contribution in [0.5, 0.6) is 0 Å². The lowest BCUT2D eigenvalue weighted by Gasteiger charge is -2.27. The van der Waals surface area contributed by atoms with E-state index in [0.717, 1.165) is 31.0 Å². The number of ether oxygens (including phenoxy) is 1. The summed E-state index contributed by atoms with van der Waals surface area (Å²) in [5, 5.41) is 1.95. The van der Waals surface area contributed by atoms with Crippen LogP contribution in [0.2, 0.25) is 0 Å². The van der Waals surface area contributed by atoms with Crippen LogP contribution in [-0.2, 0) is 4.74 Å². The highest BCUT2D eigenvalue weighted by Gasteiger charge is 2.12. The van der Waals surface area contributed by atoms with E-state index in [0.29, 0.717) is 12.5 Å². The molecule has 0 amide bonds. The molecule has 102 valence electrons. The Kier molecular flexibility index (Phi) is 7.16. The summed E-state index contributed by atoms with van der Waals surface area (Å²) in [6.45, 7) is 7.00. The molecular formula is C14H23NO2S. The van der Waals surface area contributed by atoms with Gasteiger partial charge < -0.3 is 4.74 Å². The molecule has 0 aromatic carbocycles. The number of carbonyl (C=O) groups excluding carboxylic acids is 1. The van der Waals surface area contributed by atoms with Crippen molar-refractivity contribution in [3.8, 4) is 0 Å². The van der Waals surface area contributed by atoms with Gasteiger partial charge in [0.15, 0.2) is 5.78 Å². The Morgan fingerprint density at radius 2 is 2.33 bits per heavy atom. The topological polar surface area (TPSA) is 29.5 Å². The Bertz CT molecular complexity index is 338. The predicted octanol–water partition coefficient (Wildman–Crippen LogP) is 3.07. The molecule has 0 N–H and O–H groups in total. The molecule has 3 nitrogen and oxygen atoms in total. The van der Waals surface area contributed by atoms with Crippen LogP contribution >= 0.6 is 11.3 Å². The Balaban J connectivity index is 2.29. The lowest BCUT2D eigenvalue weighted by Crippen LogP contribution is -2.36. The molecule has 0 fully saturated rings. The Hall–Kier alpha value is -0.710. The van der Waals surface area contributed by atoms with Crippen molar-refractivity contribution >= 4 is 17.1 Å². The molecule has 1 rings (SSSR count). The normalized spacial score (nSPS) is 12.9. The molecule has 1 atom stereocenters. The van der Waals surface area contributed by atoms with Gasteiger partial charge in [0, 0.05) is 19.6 Å². The molecule has 18 heavy (non-hydrogen) atoms. The lowest BCUT2D eigenvalue weighted by atomic mass is 10.1. The largest absolute Gasteiger partial charge is 0.383 e. The predicted molar refractivity (Wildman–Crippen MR) is 76.5 cm³/mol. The van der Waals surface area contributed by atoms with Crippen LogP contribution in [0.3, 0.4) is 0 Å². The summed E-state index contributed by atoms with van der Waals surface area (Å²) < 4.78 is 5.17. The van der Waals surface area contributed by atoms with Gasteiger partial charge in [-0.15, -0.1) is 11.3 Å². The van der Waals surface area contributed by atoms with Gasteiger partial charge in [-0.1, -0.05) is 13.0 Å². The third kappa shape index (κ3) is 4.88. The zero-order chi connectivity index (χ0) is 13.4. The summed E-state index contributed by atoms with van der Waals surface area (Å²) >= 11 is 1.53. The second kappa shape index (κ2) is 8.40. The van der Waals surface area contributed by atoms with E-state index in [4.69, 9.17) is 4.74 Å². The van der Waals surface area contributed by atoms with Gasteiger partial charge in [-0.3, -0.25) is 9.69 Å². The van der Waals surface area contributed by atoms with E-state index in [-0.39, 0.29) is 5.78 Å². The monoisotopic (exact) mass is 269 g/mol. The van der Waals surface area contributed by atoms with Crippen LogP contribution in [0.15, 0.2) is 17.5 Å². The van der Waals surface area contributed by atoms with Gasteiger partial charge in [0.05, 0.1) is 11.5 Å². The van der Waals surface area contributed by atoms with Crippen molar-refractivity contribution < 1.29 is 9.53 Å². The summed E-state index contributed by atoms with van der Waals surface area (Å²) in [5.74, 6) is 0.264. The van der Waals surface area contributed by atoms with Gasteiger partial charge >= 0.3 is 0 Å². The van der Waals surface area contributed by atoms with E-state index in [1.54, 1.807) is 7.11 Å². The number of thiophene rings is 1. The molecule has 0 aliphatic rings. The molecule has 0 radical (unpaired) electrons. The molecule has 0 aliphatic heterocycles. The standard InChI is InChI=1S/C14H23NO2S/c1-4-15(12(2)11-17-3)9-5-7-13(16)14-8-6-10-18-14/h6,8,10,12H,4-5,7,9,11H2,1-3H3. The fraction of sp³-hybridized carbons (Fsp3) is 0.643. The second-order valence-corrected chi connectivity index (χ2v) is 5.38. The molecule has 1 heterocycles. The van der Waals surface area contributed by atoms with Crippen molar-refractivity contribution in [1.29, 1.82) is 0 Å². The van der Waals surface area contributed by atoms with Crippen molar-refractivity contribution in [2.45, 2.75) is 32.7 Å². The van der Waals surface area contributed by atoms with Crippen LogP contribution in [-0.4, -0.2) is 43.5 Å². The number of nitrogens with zero attached hydrogens (tertiary/aromatic N) is 1. The molecule has 1 unspecified atom stereocenters. The number of ketones is 1. The number of methoxy groups -OCH3 is 1. The maximum Gasteiger partial charge on any atom is 0.172 e. The van der Waals surface area contributed by atoms with E-state index in [2.05, 4.69) is 18.7 Å². The maximum atomic E-state index is 11.8. The lowest BCUT2D eigenvalue weighted by molar-refractivity contribution is 0.0928. The van der Waals surface area contributed by atoms with Gasteiger partial charge in [-0.2, -0.15) is 0 Å². The number of carbonyl (C=O) groups is 1. The molecule has 0 saturated heterocycles. The average Bonchev–Trinajstić information content (AvgIpc) is 2.88. The molecule has 4 heteroatoms. The number of likely N-dealkylation sites (N-methyl/N-ethyl adjacent to an activating group) is 1. The summed E-state index contributed by atoms with van der Waals surface area (Å²) in [5.41, 5.74) is 0. The van der Waals surface area contributed by atoms with E-state index in [1.807, 2.05) is 17.5 Å². The van der Waals surface area contributed by atoms with Gasteiger partial charge in [-0.25, -0.2) is 0 Å².